The Morgan fingerprint density at radius 1 is 0.900 bits per heavy atom. The molecule has 30 heavy (non-hydrogen) atoms. The third-order valence-electron chi connectivity index (χ3n) is 5.00. The van der Waals surface area contributed by atoms with Crippen molar-refractivity contribution in [1.82, 2.24) is 4.98 Å². The molecule has 0 saturated heterocycles. The van der Waals surface area contributed by atoms with E-state index in [2.05, 4.69) is 12.1 Å². The molecule has 0 amide bonds. The van der Waals surface area contributed by atoms with Gasteiger partial charge in [-0.05, 0) is 40.6 Å². The number of carbonyl (C=O) groups is 1. The molecule has 0 radical (unpaired) electrons. The topological polar surface area (TPSA) is 39.2 Å². The van der Waals surface area contributed by atoms with E-state index >= 15 is 0 Å². The molecule has 5 rings (SSSR count). The van der Waals surface area contributed by atoms with Gasteiger partial charge in [-0.3, -0.25) is 0 Å². The maximum absolute atomic E-state index is 13.1. The van der Waals surface area contributed by atoms with E-state index in [1.807, 2.05) is 66.7 Å². The number of thiophene rings is 1. The Bertz CT molecular complexity index is 1390. The average molecular weight is 430 g/mol. The molecule has 5 heteroatoms. The molecule has 2 heterocycles. The van der Waals surface area contributed by atoms with Crippen LogP contribution in [-0.4, -0.2) is 11.0 Å². The summed E-state index contributed by atoms with van der Waals surface area (Å²) in [6.45, 7) is 0.205. The number of ether oxygens (including phenoxy) is 1. The van der Waals surface area contributed by atoms with Crippen molar-refractivity contribution in [2.45, 2.75) is 6.61 Å². The lowest BCUT2D eigenvalue weighted by molar-refractivity contribution is 0.0476. The second kappa shape index (κ2) is 7.90. The summed E-state index contributed by atoms with van der Waals surface area (Å²) >= 11 is 7.53. The van der Waals surface area contributed by atoms with Crippen molar-refractivity contribution >= 4 is 50.6 Å². The molecule has 0 saturated carbocycles. The molecular formula is C25H16ClNO2S. The first-order chi connectivity index (χ1) is 14.7. The number of hydrogen-bond acceptors (Lipinski definition) is 4. The standard InChI is InChI=1S/C25H16ClNO2S/c26-24-13-12-23(30-24)22-14-20(19-10-3-4-11-21(19)27-22)25(28)29-15-17-8-5-7-16-6-1-2-9-18(16)17/h1-14H,15H2. The van der Waals surface area contributed by atoms with Crippen LogP contribution >= 0.6 is 22.9 Å². The summed E-state index contributed by atoms with van der Waals surface area (Å²) in [5, 5.41) is 2.98. The van der Waals surface area contributed by atoms with Gasteiger partial charge in [-0.1, -0.05) is 72.3 Å². The quantitative estimate of drug-likeness (QED) is 0.285. The Kier molecular flexibility index (Phi) is 4.95. The molecular weight excluding hydrogens is 414 g/mol. The van der Waals surface area contributed by atoms with Gasteiger partial charge < -0.3 is 4.74 Å². The van der Waals surface area contributed by atoms with Gasteiger partial charge in [0.1, 0.15) is 6.61 Å². The highest BCUT2D eigenvalue weighted by atomic mass is 35.5. The van der Waals surface area contributed by atoms with Gasteiger partial charge in [-0.25, -0.2) is 9.78 Å². The third-order valence-corrected chi connectivity index (χ3v) is 6.25. The Hall–Kier alpha value is -3.21. The minimum Gasteiger partial charge on any atom is -0.457 e. The molecule has 3 aromatic carbocycles. The number of rotatable bonds is 4. The van der Waals surface area contributed by atoms with Gasteiger partial charge in [0.05, 0.1) is 26.0 Å². The predicted molar refractivity (Wildman–Crippen MR) is 123 cm³/mol. The summed E-state index contributed by atoms with van der Waals surface area (Å²) in [4.78, 5) is 18.7. The Balaban J connectivity index is 1.51. The van der Waals surface area contributed by atoms with E-state index in [-0.39, 0.29) is 12.6 Å². The number of aromatic nitrogens is 1. The van der Waals surface area contributed by atoms with Crippen LogP contribution in [0.2, 0.25) is 4.34 Å². The number of halogens is 1. The van der Waals surface area contributed by atoms with Crippen molar-refractivity contribution in [2.24, 2.45) is 0 Å². The van der Waals surface area contributed by atoms with Crippen LogP contribution in [0.5, 0.6) is 0 Å². The highest BCUT2D eigenvalue weighted by Gasteiger charge is 2.16. The van der Waals surface area contributed by atoms with Crippen molar-refractivity contribution in [3.05, 3.63) is 100 Å². The van der Waals surface area contributed by atoms with Crippen molar-refractivity contribution < 1.29 is 9.53 Å². The van der Waals surface area contributed by atoms with E-state index < -0.39 is 0 Å². The Labute approximate surface area is 182 Å². The molecule has 0 unspecified atom stereocenters. The largest absolute Gasteiger partial charge is 0.457 e. The zero-order chi connectivity index (χ0) is 20.5. The van der Waals surface area contributed by atoms with Gasteiger partial charge in [0.25, 0.3) is 0 Å². The maximum Gasteiger partial charge on any atom is 0.339 e. The van der Waals surface area contributed by atoms with E-state index in [0.717, 1.165) is 32.1 Å². The third kappa shape index (κ3) is 3.56. The van der Waals surface area contributed by atoms with Gasteiger partial charge in [0, 0.05) is 5.39 Å². The number of fused-ring (bicyclic) bond motifs is 2. The Morgan fingerprint density at radius 2 is 1.67 bits per heavy atom. The molecule has 146 valence electrons. The average Bonchev–Trinajstić information content (AvgIpc) is 3.23. The molecule has 0 fully saturated rings. The first-order valence-electron chi connectivity index (χ1n) is 9.48. The SMILES string of the molecule is O=C(OCc1cccc2ccccc12)c1cc(-c2ccc(Cl)s2)nc2ccccc12. The summed E-state index contributed by atoms with van der Waals surface area (Å²) in [5.74, 6) is -0.370. The summed E-state index contributed by atoms with van der Waals surface area (Å²) in [5.41, 5.74) is 2.93. The number of hydrogen-bond donors (Lipinski definition) is 0. The van der Waals surface area contributed by atoms with Gasteiger partial charge in [-0.2, -0.15) is 0 Å². The van der Waals surface area contributed by atoms with Crippen LogP contribution < -0.4 is 0 Å². The highest BCUT2D eigenvalue weighted by Crippen LogP contribution is 2.32. The maximum atomic E-state index is 13.1. The van der Waals surface area contributed by atoms with Crippen LogP contribution in [0.25, 0.3) is 32.2 Å². The van der Waals surface area contributed by atoms with Crippen LogP contribution in [-0.2, 0) is 11.3 Å². The summed E-state index contributed by atoms with van der Waals surface area (Å²) in [7, 11) is 0. The van der Waals surface area contributed by atoms with Crippen molar-refractivity contribution in [1.29, 1.82) is 0 Å². The van der Waals surface area contributed by atoms with E-state index in [1.54, 1.807) is 6.07 Å². The first kappa shape index (κ1) is 18.8. The Morgan fingerprint density at radius 3 is 2.50 bits per heavy atom. The number of carbonyl (C=O) groups excluding carboxylic acids is 1. The number of nitrogens with zero attached hydrogens (tertiary/aromatic N) is 1. The fourth-order valence-electron chi connectivity index (χ4n) is 3.56. The van der Waals surface area contributed by atoms with Crippen molar-refractivity contribution in [3.63, 3.8) is 0 Å². The van der Waals surface area contributed by atoms with Crippen LogP contribution in [0.15, 0.2) is 84.9 Å². The van der Waals surface area contributed by atoms with Gasteiger partial charge in [0.2, 0.25) is 0 Å². The minimum absolute atomic E-state index is 0.205. The lowest BCUT2D eigenvalue weighted by atomic mass is 10.1. The molecule has 0 N–H and O–H groups in total. The fraction of sp³-hybridized carbons (Fsp3) is 0.0400. The highest BCUT2D eigenvalue weighted by molar-refractivity contribution is 7.19. The van der Waals surface area contributed by atoms with E-state index in [1.165, 1.54) is 11.3 Å². The van der Waals surface area contributed by atoms with Crippen LogP contribution in [0, 0.1) is 0 Å². The van der Waals surface area contributed by atoms with E-state index in [0.29, 0.717) is 15.6 Å². The van der Waals surface area contributed by atoms with Crippen molar-refractivity contribution in [2.75, 3.05) is 0 Å². The molecule has 0 aliphatic heterocycles. The van der Waals surface area contributed by atoms with Gasteiger partial charge >= 0.3 is 5.97 Å². The molecule has 3 nitrogen and oxygen atoms in total. The number of pyridine rings is 1. The lowest BCUT2D eigenvalue weighted by Crippen LogP contribution is -2.07. The fourth-order valence-corrected chi connectivity index (χ4v) is 4.57. The van der Waals surface area contributed by atoms with Crippen molar-refractivity contribution in [3.8, 4) is 10.6 Å². The monoisotopic (exact) mass is 429 g/mol. The zero-order valence-electron chi connectivity index (χ0n) is 15.8. The van der Waals surface area contributed by atoms with Crippen LogP contribution in [0.3, 0.4) is 0 Å². The lowest BCUT2D eigenvalue weighted by Gasteiger charge is -2.11. The summed E-state index contributed by atoms with van der Waals surface area (Å²) in [6.07, 6.45) is 0. The first-order valence-corrected chi connectivity index (χ1v) is 10.7. The predicted octanol–water partition coefficient (Wildman–Crippen LogP) is 7.13. The number of para-hydroxylation sites is 1. The molecule has 0 bridgehead atoms. The van der Waals surface area contributed by atoms with Crippen LogP contribution in [0.1, 0.15) is 15.9 Å². The number of esters is 1. The molecule has 2 aromatic heterocycles. The molecule has 0 aliphatic rings. The van der Waals surface area contributed by atoms with E-state index in [9.17, 15) is 4.79 Å². The molecule has 0 aliphatic carbocycles. The van der Waals surface area contributed by atoms with Crippen LogP contribution in [0.4, 0.5) is 0 Å². The van der Waals surface area contributed by atoms with Gasteiger partial charge in [-0.15, -0.1) is 11.3 Å². The minimum atomic E-state index is -0.370. The van der Waals surface area contributed by atoms with Gasteiger partial charge in [0.15, 0.2) is 0 Å². The summed E-state index contributed by atoms with van der Waals surface area (Å²) in [6, 6.07) is 27.2. The number of benzene rings is 3. The zero-order valence-corrected chi connectivity index (χ0v) is 17.4. The second-order valence-electron chi connectivity index (χ2n) is 6.89. The normalized spacial score (nSPS) is 11.1. The summed E-state index contributed by atoms with van der Waals surface area (Å²) < 4.78 is 6.42. The second-order valence-corrected chi connectivity index (χ2v) is 8.61. The smallest absolute Gasteiger partial charge is 0.339 e. The molecule has 5 aromatic rings. The van der Waals surface area contributed by atoms with E-state index in [4.69, 9.17) is 21.3 Å². The molecule has 0 spiro atoms. The molecule has 0 atom stereocenters.